The monoisotopic (exact) mass is 335 g/mol. The predicted octanol–water partition coefficient (Wildman–Crippen LogP) is 4.44. The number of hydrogen-bond acceptors (Lipinski definition) is 5. The lowest BCUT2D eigenvalue weighted by atomic mass is 10.1. The molecule has 0 fully saturated rings. The molecule has 0 aliphatic rings. The second-order valence-corrected chi connectivity index (χ2v) is 5.34. The smallest absolute Gasteiger partial charge is 0.161 e. The van der Waals surface area contributed by atoms with Crippen LogP contribution in [0.2, 0.25) is 0 Å². The van der Waals surface area contributed by atoms with Crippen molar-refractivity contribution in [3.63, 3.8) is 0 Å². The van der Waals surface area contributed by atoms with Crippen LogP contribution in [0.5, 0.6) is 17.2 Å². The summed E-state index contributed by atoms with van der Waals surface area (Å²) in [6.07, 6.45) is 7.35. The average molecular weight is 335 g/mol. The zero-order valence-electron chi connectivity index (χ0n) is 13.6. The number of phenols is 2. The van der Waals surface area contributed by atoms with Crippen molar-refractivity contribution in [3.8, 4) is 17.2 Å². The van der Waals surface area contributed by atoms with Crippen molar-refractivity contribution in [2.45, 2.75) is 0 Å². The summed E-state index contributed by atoms with van der Waals surface area (Å²) in [5.74, 6) is 1.35. The van der Waals surface area contributed by atoms with Crippen LogP contribution >= 0.6 is 0 Å². The minimum Gasteiger partial charge on any atom is -0.508 e. The molecule has 0 spiro atoms. The van der Waals surface area contributed by atoms with Gasteiger partial charge >= 0.3 is 0 Å². The summed E-state index contributed by atoms with van der Waals surface area (Å²) < 4.78 is 10.3. The number of phenolic OH excluding ortho intramolecular Hbond substituents is 2. The van der Waals surface area contributed by atoms with Crippen LogP contribution in [0.25, 0.3) is 24.3 Å². The highest BCUT2D eigenvalue weighted by molar-refractivity contribution is 5.72. The maximum Gasteiger partial charge on any atom is 0.161 e. The molecule has 25 heavy (non-hydrogen) atoms. The largest absolute Gasteiger partial charge is 0.508 e. The molecule has 0 amide bonds. The highest BCUT2D eigenvalue weighted by atomic mass is 16.5. The molecule has 0 radical (unpaired) electrons. The van der Waals surface area contributed by atoms with E-state index in [-0.39, 0.29) is 11.5 Å². The predicted molar refractivity (Wildman–Crippen MR) is 97.1 cm³/mol. The van der Waals surface area contributed by atoms with E-state index in [0.717, 1.165) is 11.1 Å². The molecule has 0 saturated heterocycles. The fourth-order valence-corrected chi connectivity index (χ4v) is 2.20. The van der Waals surface area contributed by atoms with E-state index in [1.54, 1.807) is 36.4 Å². The Balaban J connectivity index is 1.70. The molecule has 0 saturated carbocycles. The lowest BCUT2D eigenvalue weighted by Crippen LogP contribution is -1.84. The van der Waals surface area contributed by atoms with E-state index >= 15 is 0 Å². The second-order valence-electron chi connectivity index (χ2n) is 5.34. The quantitative estimate of drug-likeness (QED) is 0.721. The highest BCUT2D eigenvalue weighted by Crippen LogP contribution is 2.27. The SMILES string of the molecule is COc1cc(/C=C/c2cc(/C=C/c3ccc(O)cc3)no2)ccc1O. The maximum atomic E-state index is 9.59. The minimum absolute atomic E-state index is 0.0981. The number of aromatic hydroxyl groups is 2. The van der Waals surface area contributed by atoms with Gasteiger partial charge in [-0.05, 0) is 47.5 Å². The van der Waals surface area contributed by atoms with Crippen LogP contribution in [0, 0.1) is 0 Å². The third-order valence-electron chi connectivity index (χ3n) is 3.53. The topological polar surface area (TPSA) is 75.7 Å². The molecule has 2 aromatic carbocycles. The summed E-state index contributed by atoms with van der Waals surface area (Å²) in [5, 5.41) is 22.8. The summed E-state index contributed by atoms with van der Waals surface area (Å²) in [6, 6.07) is 13.8. The summed E-state index contributed by atoms with van der Waals surface area (Å²) >= 11 is 0. The van der Waals surface area contributed by atoms with Crippen LogP contribution in [0.4, 0.5) is 0 Å². The van der Waals surface area contributed by atoms with Crippen molar-refractivity contribution in [2.24, 2.45) is 0 Å². The van der Waals surface area contributed by atoms with Gasteiger partial charge in [0.2, 0.25) is 0 Å². The van der Waals surface area contributed by atoms with Crippen molar-refractivity contribution < 1.29 is 19.5 Å². The Morgan fingerprint density at radius 1 is 0.880 bits per heavy atom. The van der Waals surface area contributed by atoms with Gasteiger partial charge in [0, 0.05) is 6.07 Å². The molecule has 0 aliphatic heterocycles. The lowest BCUT2D eigenvalue weighted by Gasteiger charge is -2.03. The summed E-state index contributed by atoms with van der Waals surface area (Å²) in [7, 11) is 1.51. The molecule has 5 heteroatoms. The third-order valence-corrected chi connectivity index (χ3v) is 3.53. The first kappa shape index (κ1) is 16.4. The van der Waals surface area contributed by atoms with Gasteiger partial charge in [0.15, 0.2) is 17.3 Å². The molecule has 0 unspecified atom stereocenters. The molecular formula is C20H17NO4. The van der Waals surface area contributed by atoms with Crippen molar-refractivity contribution in [2.75, 3.05) is 7.11 Å². The van der Waals surface area contributed by atoms with Crippen LogP contribution in [0.1, 0.15) is 22.6 Å². The number of methoxy groups -OCH3 is 1. The van der Waals surface area contributed by atoms with Gasteiger partial charge in [0.05, 0.1) is 7.11 Å². The summed E-state index contributed by atoms with van der Waals surface area (Å²) in [5.41, 5.74) is 2.51. The van der Waals surface area contributed by atoms with Crippen molar-refractivity contribution in [1.82, 2.24) is 5.16 Å². The van der Waals surface area contributed by atoms with Crippen molar-refractivity contribution in [3.05, 3.63) is 71.1 Å². The van der Waals surface area contributed by atoms with Crippen molar-refractivity contribution >= 4 is 24.3 Å². The van der Waals surface area contributed by atoms with Gasteiger partial charge in [-0.3, -0.25) is 0 Å². The van der Waals surface area contributed by atoms with Gasteiger partial charge in [-0.15, -0.1) is 0 Å². The number of ether oxygens (including phenoxy) is 1. The second kappa shape index (κ2) is 7.40. The normalized spacial score (nSPS) is 11.4. The van der Waals surface area contributed by atoms with Crippen LogP contribution in [-0.4, -0.2) is 22.5 Å². The fourth-order valence-electron chi connectivity index (χ4n) is 2.20. The third kappa shape index (κ3) is 4.29. The van der Waals surface area contributed by atoms with E-state index in [9.17, 15) is 10.2 Å². The molecular weight excluding hydrogens is 318 g/mol. The zero-order valence-corrected chi connectivity index (χ0v) is 13.6. The molecule has 0 aliphatic carbocycles. The Morgan fingerprint density at radius 3 is 2.36 bits per heavy atom. The Kier molecular flexibility index (Phi) is 4.85. The van der Waals surface area contributed by atoms with Gasteiger partial charge < -0.3 is 19.5 Å². The van der Waals surface area contributed by atoms with Crippen LogP contribution in [0.3, 0.4) is 0 Å². The van der Waals surface area contributed by atoms with Crippen LogP contribution in [-0.2, 0) is 0 Å². The molecule has 5 nitrogen and oxygen atoms in total. The van der Waals surface area contributed by atoms with Gasteiger partial charge in [0.25, 0.3) is 0 Å². The van der Waals surface area contributed by atoms with Gasteiger partial charge in [-0.1, -0.05) is 35.5 Å². The van der Waals surface area contributed by atoms with E-state index in [4.69, 9.17) is 9.26 Å². The number of aromatic nitrogens is 1. The molecule has 126 valence electrons. The molecule has 0 atom stereocenters. The van der Waals surface area contributed by atoms with E-state index < -0.39 is 0 Å². The molecule has 3 rings (SSSR count). The number of rotatable bonds is 5. The Hall–Kier alpha value is -3.47. The first-order valence-electron chi connectivity index (χ1n) is 7.63. The Bertz CT molecular complexity index is 908. The Labute approximate surface area is 145 Å². The van der Waals surface area contributed by atoms with Crippen LogP contribution < -0.4 is 4.74 Å². The number of benzene rings is 2. The fraction of sp³-hybridized carbons (Fsp3) is 0.0500. The van der Waals surface area contributed by atoms with E-state index in [0.29, 0.717) is 17.2 Å². The highest BCUT2D eigenvalue weighted by Gasteiger charge is 2.02. The number of hydrogen-bond donors (Lipinski definition) is 2. The minimum atomic E-state index is 0.0981. The van der Waals surface area contributed by atoms with Crippen molar-refractivity contribution in [1.29, 1.82) is 0 Å². The first-order valence-corrected chi connectivity index (χ1v) is 7.63. The lowest BCUT2D eigenvalue weighted by molar-refractivity contribution is 0.373. The summed E-state index contributed by atoms with van der Waals surface area (Å²) in [4.78, 5) is 0. The molecule has 0 bridgehead atoms. The van der Waals surface area contributed by atoms with Gasteiger partial charge in [-0.2, -0.15) is 0 Å². The molecule has 2 N–H and O–H groups in total. The van der Waals surface area contributed by atoms with Crippen LogP contribution in [0.15, 0.2) is 53.1 Å². The molecule has 1 heterocycles. The molecule has 1 aromatic heterocycles. The Morgan fingerprint density at radius 2 is 1.60 bits per heavy atom. The van der Waals surface area contributed by atoms with Gasteiger partial charge in [0.1, 0.15) is 11.4 Å². The maximum absolute atomic E-state index is 9.59. The van der Waals surface area contributed by atoms with E-state index in [2.05, 4.69) is 5.16 Å². The summed E-state index contributed by atoms with van der Waals surface area (Å²) in [6.45, 7) is 0. The van der Waals surface area contributed by atoms with E-state index in [1.165, 1.54) is 7.11 Å². The zero-order chi connectivity index (χ0) is 17.6. The average Bonchev–Trinajstić information content (AvgIpc) is 3.08. The number of nitrogens with zero attached hydrogens (tertiary/aromatic N) is 1. The standard InChI is InChI=1S/C20H17NO4/c1-24-20-12-15(6-11-19(20)23)5-10-18-13-16(21-25-18)7-2-14-3-8-17(22)9-4-14/h2-13,22-23H,1H3/b7-2+,10-5+. The van der Waals surface area contributed by atoms with E-state index in [1.807, 2.05) is 36.4 Å². The van der Waals surface area contributed by atoms with Gasteiger partial charge in [-0.25, -0.2) is 0 Å². The molecule has 3 aromatic rings. The first-order chi connectivity index (χ1) is 12.1.